The molecule has 2 rings (SSSR count). The number of nitrogens with one attached hydrogen (secondary N) is 1. The summed E-state index contributed by atoms with van der Waals surface area (Å²) < 4.78 is 27.0. The summed E-state index contributed by atoms with van der Waals surface area (Å²) in [5.74, 6) is -0.102. The Hall–Kier alpha value is -0.960. The van der Waals surface area contributed by atoms with Crippen LogP contribution in [0, 0.1) is 0 Å². The number of nitrogens with two attached hydrogens (primary N) is 1. The fourth-order valence-corrected chi connectivity index (χ4v) is 5.51. The third kappa shape index (κ3) is 5.27. The van der Waals surface area contributed by atoms with Gasteiger partial charge in [-0.3, -0.25) is 4.79 Å². The molecule has 0 spiro atoms. The van der Waals surface area contributed by atoms with Gasteiger partial charge in [0.1, 0.15) is 4.21 Å². The molecule has 1 unspecified atom stereocenters. The van der Waals surface area contributed by atoms with Crippen LogP contribution in [0.1, 0.15) is 37.5 Å². The zero-order valence-electron chi connectivity index (χ0n) is 13.5. The van der Waals surface area contributed by atoms with E-state index in [1.807, 2.05) is 6.92 Å². The molecule has 0 saturated carbocycles. The summed E-state index contributed by atoms with van der Waals surface area (Å²) in [6.07, 6.45) is 3.85. The Balaban J connectivity index is 1.93. The predicted molar refractivity (Wildman–Crippen MR) is 91.9 cm³/mol. The number of carbonyl (C=O) groups is 1. The first-order valence-electron chi connectivity index (χ1n) is 8.01. The number of amides is 1. The highest BCUT2D eigenvalue weighted by atomic mass is 32.2. The van der Waals surface area contributed by atoms with E-state index in [-0.39, 0.29) is 18.4 Å². The van der Waals surface area contributed by atoms with Crippen molar-refractivity contribution >= 4 is 27.3 Å². The van der Waals surface area contributed by atoms with Gasteiger partial charge in [-0.2, -0.15) is 4.31 Å². The van der Waals surface area contributed by atoms with Gasteiger partial charge in [0, 0.05) is 30.6 Å². The molecule has 1 aliphatic rings. The number of thiophene rings is 1. The van der Waals surface area contributed by atoms with Gasteiger partial charge in [-0.1, -0.05) is 6.42 Å². The van der Waals surface area contributed by atoms with Gasteiger partial charge in [0.05, 0.1) is 6.42 Å². The highest BCUT2D eigenvalue weighted by molar-refractivity contribution is 7.91. The lowest BCUT2D eigenvalue weighted by Gasteiger charge is -2.25. The van der Waals surface area contributed by atoms with Crippen molar-refractivity contribution in [1.82, 2.24) is 9.62 Å². The van der Waals surface area contributed by atoms with Crippen LogP contribution in [0.15, 0.2) is 16.3 Å². The van der Waals surface area contributed by atoms with Crippen LogP contribution in [0.2, 0.25) is 0 Å². The SMILES string of the molecule is CC(N)CCNC(=O)Cc1ccc(S(=O)(=O)N2CCCCC2)s1. The third-order valence-electron chi connectivity index (χ3n) is 3.80. The number of sulfonamides is 1. The molecule has 0 aromatic carbocycles. The van der Waals surface area contributed by atoms with Crippen LogP contribution in [0.4, 0.5) is 0 Å². The fourth-order valence-electron chi connectivity index (χ4n) is 2.48. The molecular formula is C15H25N3O3S2. The highest BCUT2D eigenvalue weighted by Crippen LogP contribution is 2.27. The first kappa shape index (κ1) is 18.4. The second-order valence-corrected chi connectivity index (χ2v) is 9.31. The van der Waals surface area contributed by atoms with E-state index < -0.39 is 10.0 Å². The summed E-state index contributed by atoms with van der Waals surface area (Å²) in [5, 5.41) is 2.80. The number of nitrogens with zero attached hydrogens (tertiary/aromatic N) is 1. The summed E-state index contributed by atoms with van der Waals surface area (Å²) in [4.78, 5) is 12.6. The van der Waals surface area contributed by atoms with E-state index in [2.05, 4.69) is 5.32 Å². The molecule has 1 saturated heterocycles. The number of piperidine rings is 1. The molecule has 1 fully saturated rings. The molecule has 3 N–H and O–H groups in total. The summed E-state index contributed by atoms with van der Waals surface area (Å²) in [6, 6.07) is 3.39. The standard InChI is InChI=1S/C15H25N3O3S2/c1-12(16)7-8-17-14(19)11-13-5-6-15(22-13)23(20,21)18-9-3-2-4-10-18/h5-6,12H,2-4,7-11,16H2,1H3,(H,17,19). The van der Waals surface area contributed by atoms with Crippen molar-refractivity contribution in [2.45, 2.75) is 49.3 Å². The smallest absolute Gasteiger partial charge is 0.252 e. The minimum Gasteiger partial charge on any atom is -0.356 e. The first-order chi connectivity index (χ1) is 10.9. The molecule has 1 amide bonds. The molecule has 0 bridgehead atoms. The number of hydrogen-bond acceptors (Lipinski definition) is 5. The van der Waals surface area contributed by atoms with E-state index in [0.29, 0.717) is 23.8 Å². The Bertz CT molecular complexity index is 620. The van der Waals surface area contributed by atoms with E-state index in [0.717, 1.165) is 30.6 Å². The summed E-state index contributed by atoms with van der Waals surface area (Å²) in [7, 11) is -3.40. The largest absolute Gasteiger partial charge is 0.356 e. The van der Waals surface area contributed by atoms with Crippen LogP contribution >= 0.6 is 11.3 Å². The minimum absolute atomic E-state index is 0.0540. The van der Waals surface area contributed by atoms with Crippen molar-refractivity contribution in [2.75, 3.05) is 19.6 Å². The fraction of sp³-hybridized carbons (Fsp3) is 0.667. The Morgan fingerprint density at radius 2 is 2.04 bits per heavy atom. The van der Waals surface area contributed by atoms with Crippen molar-refractivity contribution in [3.63, 3.8) is 0 Å². The van der Waals surface area contributed by atoms with Crippen molar-refractivity contribution in [3.8, 4) is 0 Å². The van der Waals surface area contributed by atoms with Crippen LogP contribution in [-0.2, 0) is 21.2 Å². The quantitative estimate of drug-likeness (QED) is 0.768. The van der Waals surface area contributed by atoms with Crippen LogP contribution in [0.25, 0.3) is 0 Å². The second kappa shape index (κ2) is 8.23. The van der Waals surface area contributed by atoms with Gasteiger partial charge in [-0.25, -0.2) is 8.42 Å². The molecule has 8 heteroatoms. The maximum Gasteiger partial charge on any atom is 0.252 e. The zero-order valence-corrected chi connectivity index (χ0v) is 15.1. The average molecular weight is 360 g/mol. The lowest BCUT2D eigenvalue weighted by atomic mass is 10.2. The maximum absolute atomic E-state index is 12.6. The van der Waals surface area contributed by atoms with Crippen molar-refractivity contribution in [1.29, 1.82) is 0 Å². The molecule has 130 valence electrons. The summed E-state index contributed by atoms with van der Waals surface area (Å²) in [5.41, 5.74) is 5.63. The molecule has 23 heavy (non-hydrogen) atoms. The Morgan fingerprint density at radius 3 is 2.70 bits per heavy atom. The Morgan fingerprint density at radius 1 is 1.35 bits per heavy atom. The minimum atomic E-state index is -3.40. The average Bonchev–Trinajstić information content (AvgIpc) is 2.97. The van der Waals surface area contributed by atoms with Gasteiger partial charge < -0.3 is 11.1 Å². The number of rotatable bonds is 7. The van der Waals surface area contributed by atoms with Crippen LogP contribution in [0.5, 0.6) is 0 Å². The van der Waals surface area contributed by atoms with Gasteiger partial charge in [0.25, 0.3) is 10.0 Å². The monoisotopic (exact) mass is 359 g/mol. The lowest BCUT2D eigenvalue weighted by molar-refractivity contribution is -0.120. The lowest BCUT2D eigenvalue weighted by Crippen LogP contribution is -2.35. The second-order valence-electron chi connectivity index (χ2n) is 5.98. The van der Waals surface area contributed by atoms with Crippen LogP contribution < -0.4 is 11.1 Å². The summed E-state index contributed by atoms with van der Waals surface area (Å²) in [6.45, 7) is 3.62. The van der Waals surface area contributed by atoms with Gasteiger partial charge in [-0.05, 0) is 38.3 Å². The molecule has 6 nitrogen and oxygen atoms in total. The van der Waals surface area contributed by atoms with E-state index in [4.69, 9.17) is 5.73 Å². The van der Waals surface area contributed by atoms with Gasteiger partial charge in [0.2, 0.25) is 5.91 Å². The highest BCUT2D eigenvalue weighted by Gasteiger charge is 2.27. The first-order valence-corrected chi connectivity index (χ1v) is 10.3. The van der Waals surface area contributed by atoms with Gasteiger partial charge in [0.15, 0.2) is 0 Å². The third-order valence-corrected chi connectivity index (χ3v) is 7.25. The van der Waals surface area contributed by atoms with Crippen LogP contribution in [-0.4, -0.2) is 44.3 Å². The molecule has 2 heterocycles. The van der Waals surface area contributed by atoms with E-state index in [1.165, 1.54) is 11.3 Å². The Labute approximate surface area is 142 Å². The van der Waals surface area contributed by atoms with Crippen LogP contribution in [0.3, 0.4) is 0 Å². The molecule has 0 radical (unpaired) electrons. The zero-order chi connectivity index (χ0) is 16.9. The van der Waals surface area contributed by atoms with E-state index in [1.54, 1.807) is 16.4 Å². The predicted octanol–water partition coefficient (Wildman–Crippen LogP) is 1.32. The molecule has 1 aliphatic heterocycles. The van der Waals surface area contributed by atoms with Crippen molar-refractivity contribution in [3.05, 3.63) is 17.0 Å². The normalized spacial score (nSPS) is 17.8. The van der Waals surface area contributed by atoms with Gasteiger partial charge in [-0.15, -0.1) is 11.3 Å². The molecule has 1 aromatic heterocycles. The Kier molecular flexibility index (Phi) is 6.58. The molecule has 0 aliphatic carbocycles. The summed E-state index contributed by atoms with van der Waals surface area (Å²) >= 11 is 1.19. The molecular weight excluding hydrogens is 334 g/mol. The molecule has 1 aromatic rings. The van der Waals surface area contributed by atoms with Gasteiger partial charge >= 0.3 is 0 Å². The number of hydrogen-bond donors (Lipinski definition) is 2. The maximum atomic E-state index is 12.6. The number of carbonyl (C=O) groups excluding carboxylic acids is 1. The molecule has 1 atom stereocenters. The van der Waals surface area contributed by atoms with Crippen molar-refractivity contribution in [2.24, 2.45) is 5.73 Å². The van der Waals surface area contributed by atoms with E-state index >= 15 is 0 Å². The van der Waals surface area contributed by atoms with E-state index in [9.17, 15) is 13.2 Å². The topological polar surface area (TPSA) is 92.5 Å². The van der Waals surface area contributed by atoms with Crippen molar-refractivity contribution < 1.29 is 13.2 Å².